The van der Waals surface area contributed by atoms with Crippen LogP contribution < -0.4 is 5.32 Å². The minimum absolute atomic E-state index is 0.153. The molecule has 1 saturated carbocycles. The molecule has 1 aliphatic carbocycles. The maximum Gasteiger partial charge on any atom is 0.238 e. The fourth-order valence-corrected chi connectivity index (χ4v) is 6.56. The summed E-state index contributed by atoms with van der Waals surface area (Å²) in [4.78, 5) is 19.1. The van der Waals surface area contributed by atoms with Crippen molar-refractivity contribution in [3.63, 3.8) is 0 Å². The van der Waals surface area contributed by atoms with Crippen LogP contribution in [-0.4, -0.2) is 54.3 Å². The lowest BCUT2D eigenvalue weighted by atomic mass is 9.60. The van der Waals surface area contributed by atoms with E-state index in [-0.39, 0.29) is 17.7 Å². The van der Waals surface area contributed by atoms with Gasteiger partial charge in [0.25, 0.3) is 0 Å². The van der Waals surface area contributed by atoms with E-state index in [1.807, 2.05) is 18.3 Å². The fraction of sp³-hybridized carbons (Fsp3) is 0.684. The van der Waals surface area contributed by atoms with Crippen LogP contribution in [0.2, 0.25) is 0 Å². The predicted molar refractivity (Wildman–Crippen MR) is 99.2 cm³/mol. The first-order valence-electron chi connectivity index (χ1n) is 9.60. The standard InChI is InChI=1S/C19H27N3O3S/c23-18(17-5-3-11-26(17,24)25)21-16-12-19(13-16)6-9-22(10-7-19)14-15-4-1-2-8-20-15/h1-2,4,8,16-17H,3,5-7,9-14H2,(H,21,23). The van der Waals surface area contributed by atoms with E-state index in [0.29, 0.717) is 18.3 Å². The molecule has 2 saturated heterocycles. The first kappa shape index (κ1) is 17.9. The zero-order valence-electron chi connectivity index (χ0n) is 15.1. The number of aromatic nitrogens is 1. The van der Waals surface area contributed by atoms with Gasteiger partial charge in [-0.15, -0.1) is 0 Å². The number of hydrogen-bond acceptors (Lipinski definition) is 5. The SMILES string of the molecule is O=C(NC1CC2(CCN(Cc3ccccn3)CC2)C1)C1CCCS1(=O)=O. The highest BCUT2D eigenvalue weighted by Crippen LogP contribution is 2.49. The predicted octanol–water partition coefficient (Wildman–Crippen LogP) is 1.52. The van der Waals surface area contributed by atoms with Crippen LogP contribution in [0, 0.1) is 5.41 Å². The lowest BCUT2D eigenvalue weighted by Gasteiger charge is -2.52. The van der Waals surface area contributed by atoms with Crippen LogP contribution in [0.1, 0.15) is 44.2 Å². The summed E-state index contributed by atoms with van der Waals surface area (Å²) in [6, 6.07) is 6.18. The maximum atomic E-state index is 12.3. The monoisotopic (exact) mass is 377 g/mol. The Bertz CT molecular complexity index is 749. The summed E-state index contributed by atoms with van der Waals surface area (Å²) in [7, 11) is -3.21. The minimum atomic E-state index is -3.21. The van der Waals surface area contributed by atoms with Gasteiger partial charge in [0.05, 0.1) is 11.4 Å². The zero-order chi connectivity index (χ0) is 18.2. The molecular formula is C19H27N3O3S. The van der Waals surface area contributed by atoms with Gasteiger partial charge in [0.15, 0.2) is 9.84 Å². The van der Waals surface area contributed by atoms with Gasteiger partial charge in [-0.1, -0.05) is 6.07 Å². The molecule has 142 valence electrons. The van der Waals surface area contributed by atoms with Gasteiger partial charge >= 0.3 is 0 Å². The van der Waals surface area contributed by atoms with Crippen molar-refractivity contribution in [3.8, 4) is 0 Å². The number of carbonyl (C=O) groups excluding carboxylic acids is 1. The first-order valence-corrected chi connectivity index (χ1v) is 11.3. The van der Waals surface area contributed by atoms with Crippen LogP contribution in [0.3, 0.4) is 0 Å². The van der Waals surface area contributed by atoms with E-state index in [1.54, 1.807) is 0 Å². The summed E-state index contributed by atoms with van der Waals surface area (Å²) in [6.07, 6.45) is 7.20. The number of pyridine rings is 1. The molecule has 3 heterocycles. The lowest BCUT2D eigenvalue weighted by Crippen LogP contribution is -2.56. The molecule has 1 aromatic rings. The van der Waals surface area contributed by atoms with E-state index in [4.69, 9.17) is 0 Å². The van der Waals surface area contributed by atoms with Crippen molar-refractivity contribution >= 4 is 15.7 Å². The molecule has 1 unspecified atom stereocenters. The fourth-order valence-electron chi connectivity index (χ4n) is 4.78. The van der Waals surface area contributed by atoms with Crippen molar-refractivity contribution in [2.24, 2.45) is 5.41 Å². The summed E-state index contributed by atoms with van der Waals surface area (Å²) < 4.78 is 23.8. The Labute approximate surface area is 155 Å². The van der Waals surface area contributed by atoms with Crippen molar-refractivity contribution in [3.05, 3.63) is 30.1 Å². The zero-order valence-corrected chi connectivity index (χ0v) is 15.9. The highest BCUT2D eigenvalue weighted by Gasteiger charge is 2.47. The third-order valence-electron chi connectivity index (χ3n) is 6.35. The Morgan fingerprint density at radius 2 is 2.04 bits per heavy atom. The number of piperidine rings is 1. The summed E-state index contributed by atoms with van der Waals surface area (Å²) in [5, 5.41) is 2.19. The molecule has 1 N–H and O–H groups in total. The molecule has 6 nitrogen and oxygen atoms in total. The van der Waals surface area contributed by atoms with Crippen molar-refractivity contribution in [1.82, 2.24) is 15.2 Å². The van der Waals surface area contributed by atoms with E-state index < -0.39 is 15.1 Å². The number of hydrogen-bond donors (Lipinski definition) is 1. The second-order valence-electron chi connectivity index (χ2n) is 8.21. The molecule has 1 aromatic heterocycles. The van der Waals surface area contributed by atoms with Gasteiger partial charge in [-0.2, -0.15) is 0 Å². The van der Waals surface area contributed by atoms with Crippen molar-refractivity contribution in [1.29, 1.82) is 0 Å². The molecule has 0 radical (unpaired) electrons. The lowest BCUT2D eigenvalue weighted by molar-refractivity contribution is -0.123. The molecule has 26 heavy (non-hydrogen) atoms. The van der Waals surface area contributed by atoms with Crippen molar-refractivity contribution in [2.45, 2.75) is 56.4 Å². The number of sulfone groups is 1. The Balaban J connectivity index is 1.23. The third kappa shape index (κ3) is 3.64. The summed E-state index contributed by atoms with van der Waals surface area (Å²) in [6.45, 7) is 3.03. The van der Waals surface area contributed by atoms with E-state index in [9.17, 15) is 13.2 Å². The van der Waals surface area contributed by atoms with Crippen LogP contribution in [0.15, 0.2) is 24.4 Å². The van der Waals surface area contributed by atoms with Crippen LogP contribution in [-0.2, 0) is 21.2 Å². The molecule has 3 fully saturated rings. The summed E-state index contributed by atoms with van der Waals surface area (Å²) in [5.74, 6) is -0.110. The van der Waals surface area contributed by atoms with Gasteiger partial charge in [-0.25, -0.2) is 8.42 Å². The van der Waals surface area contributed by atoms with Gasteiger partial charge in [0.1, 0.15) is 5.25 Å². The highest BCUT2D eigenvalue weighted by atomic mass is 32.2. The Morgan fingerprint density at radius 1 is 1.27 bits per heavy atom. The molecule has 1 atom stereocenters. The average Bonchev–Trinajstić information content (AvgIpc) is 2.95. The molecular weight excluding hydrogens is 350 g/mol. The summed E-state index contributed by atoms with van der Waals surface area (Å²) in [5.41, 5.74) is 1.45. The second-order valence-corrected chi connectivity index (χ2v) is 10.5. The average molecular weight is 378 g/mol. The third-order valence-corrected chi connectivity index (χ3v) is 8.53. The molecule has 0 aromatic carbocycles. The Morgan fingerprint density at radius 3 is 2.65 bits per heavy atom. The number of rotatable bonds is 4. The van der Waals surface area contributed by atoms with Crippen molar-refractivity contribution in [2.75, 3.05) is 18.8 Å². The van der Waals surface area contributed by atoms with E-state index in [1.165, 1.54) is 0 Å². The minimum Gasteiger partial charge on any atom is -0.352 e. The Hall–Kier alpha value is -1.47. The first-order chi connectivity index (χ1) is 12.5. The van der Waals surface area contributed by atoms with Gasteiger partial charge < -0.3 is 5.32 Å². The molecule has 1 spiro atoms. The van der Waals surface area contributed by atoms with Gasteiger partial charge in [-0.3, -0.25) is 14.7 Å². The van der Waals surface area contributed by atoms with Crippen LogP contribution in [0.5, 0.6) is 0 Å². The molecule has 2 aliphatic heterocycles. The quantitative estimate of drug-likeness (QED) is 0.861. The smallest absolute Gasteiger partial charge is 0.238 e. The van der Waals surface area contributed by atoms with Gasteiger partial charge in [0, 0.05) is 18.8 Å². The molecule has 3 aliphatic rings. The topological polar surface area (TPSA) is 79.4 Å². The number of nitrogens with one attached hydrogen (secondary N) is 1. The van der Waals surface area contributed by atoms with Gasteiger partial charge in [0.2, 0.25) is 5.91 Å². The molecule has 4 rings (SSSR count). The van der Waals surface area contributed by atoms with Crippen LogP contribution >= 0.6 is 0 Å². The second kappa shape index (κ2) is 6.93. The normalized spacial score (nSPS) is 27.9. The molecule has 0 bridgehead atoms. The van der Waals surface area contributed by atoms with Crippen LogP contribution in [0.25, 0.3) is 0 Å². The van der Waals surface area contributed by atoms with E-state index >= 15 is 0 Å². The van der Waals surface area contributed by atoms with E-state index in [2.05, 4.69) is 21.3 Å². The maximum absolute atomic E-state index is 12.3. The Kier molecular flexibility index (Phi) is 4.77. The van der Waals surface area contributed by atoms with E-state index in [0.717, 1.165) is 51.0 Å². The number of nitrogens with zero attached hydrogens (tertiary/aromatic N) is 2. The number of carbonyl (C=O) groups is 1. The summed E-state index contributed by atoms with van der Waals surface area (Å²) >= 11 is 0. The molecule has 1 amide bonds. The largest absolute Gasteiger partial charge is 0.352 e. The highest BCUT2D eigenvalue weighted by molar-refractivity contribution is 7.93. The molecule has 7 heteroatoms. The number of amides is 1. The van der Waals surface area contributed by atoms with Gasteiger partial charge in [-0.05, 0) is 69.2 Å². The van der Waals surface area contributed by atoms with Crippen LogP contribution in [0.4, 0.5) is 0 Å². The number of likely N-dealkylation sites (tertiary alicyclic amines) is 1. The van der Waals surface area contributed by atoms with Crippen molar-refractivity contribution < 1.29 is 13.2 Å².